The maximum absolute atomic E-state index is 12.2. The van der Waals surface area contributed by atoms with Gasteiger partial charge in [0.2, 0.25) is 15.9 Å². The molecule has 1 heterocycles. The molecule has 3 aromatic rings. The zero-order valence-electron chi connectivity index (χ0n) is 14.2. The summed E-state index contributed by atoms with van der Waals surface area (Å²) in [4.78, 5) is 16.4. The molecule has 26 heavy (non-hydrogen) atoms. The van der Waals surface area contributed by atoms with E-state index < -0.39 is 10.0 Å². The van der Waals surface area contributed by atoms with Crippen molar-refractivity contribution < 1.29 is 17.6 Å². The average molecular weight is 391 g/mol. The van der Waals surface area contributed by atoms with Gasteiger partial charge in [-0.25, -0.2) is 17.7 Å². The Balaban J connectivity index is 1.70. The van der Waals surface area contributed by atoms with Gasteiger partial charge < -0.3 is 9.73 Å². The fraction of sp³-hybridized carbons (Fsp3) is 0.176. The molecule has 1 aromatic heterocycles. The highest BCUT2D eigenvalue weighted by atomic mass is 32.2. The lowest BCUT2D eigenvalue weighted by Crippen LogP contribution is -2.22. The summed E-state index contributed by atoms with van der Waals surface area (Å²) in [6, 6.07) is 13.6. The molecule has 0 aliphatic carbocycles. The molecule has 0 radical (unpaired) electrons. The highest BCUT2D eigenvalue weighted by Gasteiger charge is 2.19. The van der Waals surface area contributed by atoms with Gasteiger partial charge in [0.05, 0.1) is 10.6 Å². The van der Waals surface area contributed by atoms with E-state index in [4.69, 9.17) is 4.42 Å². The molecule has 0 aliphatic rings. The number of nitrogens with one attached hydrogen (secondary N) is 1. The van der Waals surface area contributed by atoms with Crippen LogP contribution in [0.1, 0.15) is 0 Å². The third-order valence-corrected chi connectivity index (χ3v) is 6.14. The quantitative estimate of drug-likeness (QED) is 0.650. The topological polar surface area (TPSA) is 92.5 Å². The van der Waals surface area contributed by atoms with Crippen LogP contribution in [0.2, 0.25) is 0 Å². The Morgan fingerprint density at radius 2 is 1.92 bits per heavy atom. The van der Waals surface area contributed by atoms with Gasteiger partial charge in [-0.3, -0.25) is 4.79 Å². The summed E-state index contributed by atoms with van der Waals surface area (Å²) in [5, 5.41) is 3.08. The second-order valence-electron chi connectivity index (χ2n) is 5.60. The number of thioether (sulfide) groups is 1. The number of carbonyl (C=O) groups is 1. The minimum atomic E-state index is -3.54. The molecule has 0 fully saturated rings. The summed E-state index contributed by atoms with van der Waals surface area (Å²) in [5.74, 6) is -0.0516. The summed E-state index contributed by atoms with van der Waals surface area (Å²) in [7, 11) is -0.604. The van der Waals surface area contributed by atoms with E-state index in [-0.39, 0.29) is 16.6 Å². The van der Waals surface area contributed by atoms with E-state index in [1.807, 2.05) is 18.2 Å². The van der Waals surface area contributed by atoms with Crippen LogP contribution in [0.5, 0.6) is 0 Å². The van der Waals surface area contributed by atoms with Crippen molar-refractivity contribution in [3.8, 4) is 0 Å². The summed E-state index contributed by atoms with van der Waals surface area (Å²) in [5.41, 5.74) is 1.61. The van der Waals surface area contributed by atoms with Crippen molar-refractivity contribution in [3.05, 3.63) is 48.5 Å². The van der Waals surface area contributed by atoms with Crippen molar-refractivity contribution >= 4 is 44.5 Å². The molecule has 9 heteroatoms. The van der Waals surface area contributed by atoms with E-state index >= 15 is 0 Å². The van der Waals surface area contributed by atoms with Crippen molar-refractivity contribution in [1.29, 1.82) is 0 Å². The third kappa shape index (κ3) is 4.06. The zero-order chi connectivity index (χ0) is 18.7. The molecular weight excluding hydrogens is 374 g/mol. The van der Waals surface area contributed by atoms with Crippen LogP contribution >= 0.6 is 11.8 Å². The largest absolute Gasteiger partial charge is 0.431 e. The number of anilines is 1. The number of para-hydroxylation sites is 1. The van der Waals surface area contributed by atoms with Crippen LogP contribution in [0.3, 0.4) is 0 Å². The van der Waals surface area contributed by atoms with Crippen LogP contribution < -0.4 is 5.32 Å². The molecule has 0 aliphatic heterocycles. The molecule has 0 saturated carbocycles. The second kappa shape index (κ2) is 7.48. The van der Waals surface area contributed by atoms with Crippen molar-refractivity contribution in [1.82, 2.24) is 9.29 Å². The van der Waals surface area contributed by atoms with Crippen molar-refractivity contribution in [2.24, 2.45) is 0 Å². The van der Waals surface area contributed by atoms with Gasteiger partial charge >= 0.3 is 0 Å². The molecule has 1 N–H and O–H groups in total. The van der Waals surface area contributed by atoms with Crippen molar-refractivity contribution in [2.75, 3.05) is 25.2 Å². The molecule has 1 amide bonds. The monoisotopic (exact) mass is 391 g/mol. The maximum Gasteiger partial charge on any atom is 0.257 e. The summed E-state index contributed by atoms with van der Waals surface area (Å²) >= 11 is 1.14. The van der Waals surface area contributed by atoms with Gasteiger partial charge in [0, 0.05) is 19.8 Å². The minimum absolute atomic E-state index is 0.130. The van der Waals surface area contributed by atoms with Crippen LogP contribution in [0.15, 0.2) is 63.1 Å². The first-order valence-corrected chi connectivity index (χ1v) is 10.1. The fourth-order valence-electron chi connectivity index (χ4n) is 2.16. The Bertz CT molecular complexity index is 1030. The number of fused-ring (bicyclic) bond motifs is 1. The van der Waals surface area contributed by atoms with E-state index in [9.17, 15) is 13.2 Å². The predicted octanol–water partition coefficient (Wildman–Crippen LogP) is 2.81. The summed E-state index contributed by atoms with van der Waals surface area (Å²) in [6.07, 6.45) is 0. The van der Waals surface area contributed by atoms with Crippen LogP contribution in [-0.2, 0) is 14.8 Å². The van der Waals surface area contributed by atoms with Gasteiger partial charge in [-0.15, -0.1) is 0 Å². The molecule has 7 nitrogen and oxygen atoms in total. The van der Waals surface area contributed by atoms with E-state index in [2.05, 4.69) is 10.3 Å². The van der Waals surface area contributed by atoms with Gasteiger partial charge in [0.15, 0.2) is 5.58 Å². The van der Waals surface area contributed by atoms with Gasteiger partial charge in [0.25, 0.3) is 5.22 Å². The molecule has 0 bridgehead atoms. The smallest absolute Gasteiger partial charge is 0.257 e. The number of rotatable bonds is 6. The molecule has 3 rings (SSSR count). The second-order valence-corrected chi connectivity index (χ2v) is 8.68. The van der Waals surface area contributed by atoms with Crippen LogP contribution in [0, 0.1) is 0 Å². The molecular formula is C17H17N3O4S2. The van der Waals surface area contributed by atoms with Gasteiger partial charge in [0.1, 0.15) is 5.52 Å². The Morgan fingerprint density at radius 1 is 1.19 bits per heavy atom. The first kappa shape index (κ1) is 18.4. The van der Waals surface area contributed by atoms with Gasteiger partial charge in [-0.1, -0.05) is 30.0 Å². The standard InChI is InChI=1S/C17H17N3O4S2/c1-20(2)26(22,23)13-8-9-15-14(10-13)19-17(24-15)25-11-16(21)18-12-6-4-3-5-7-12/h3-10H,11H2,1-2H3,(H,18,21). The maximum atomic E-state index is 12.2. The van der Waals surface area contributed by atoms with Gasteiger partial charge in [-0.2, -0.15) is 0 Å². The van der Waals surface area contributed by atoms with E-state index in [0.717, 1.165) is 16.1 Å². The molecule has 0 spiro atoms. The molecule has 2 aromatic carbocycles. The Labute approximate surface area is 155 Å². The summed E-state index contributed by atoms with van der Waals surface area (Å²) in [6.45, 7) is 0. The number of aromatic nitrogens is 1. The predicted molar refractivity (Wildman–Crippen MR) is 101 cm³/mol. The number of sulfonamides is 1. The fourth-order valence-corrected chi connectivity index (χ4v) is 3.73. The number of carbonyl (C=O) groups excluding carboxylic acids is 1. The summed E-state index contributed by atoms with van der Waals surface area (Å²) < 4.78 is 31.1. The van der Waals surface area contributed by atoms with Crippen LogP contribution in [0.25, 0.3) is 11.1 Å². The molecule has 136 valence electrons. The van der Waals surface area contributed by atoms with Crippen LogP contribution in [0.4, 0.5) is 5.69 Å². The third-order valence-electron chi connectivity index (χ3n) is 3.50. The lowest BCUT2D eigenvalue weighted by Gasteiger charge is -2.10. The molecule has 0 saturated heterocycles. The number of hydrogen-bond acceptors (Lipinski definition) is 6. The van der Waals surface area contributed by atoms with E-state index in [0.29, 0.717) is 22.0 Å². The van der Waals surface area contributed by atoms with Crippen LogP contribution in [-0.4, -0.2) is 43.5 Å². The minimum Gasteiger partial charge on any atom is -0.431 e. The lowest BCUT2D eigenvalue weighted by atomic mass is 10.3. The van der Waals surface area contributed by atoms with E-state index in [1.165, 1.54) is 26.2 Å². The number of hydrogen-bond donors (Lipinski definition) is 1. The normalized spacial score (nSPS) is 11.8. The SMILES string of the molecule is CN(C)S(=O)(=O)c1ccc2oc(SCC(=O)Nc3ccccc3)nc2c1. The van der Waals surface area contributed by atoms with Gasteiger partial charge in [-0.05, 0) is 30.3 Å². The first-order valence-electron chi connectivity index (χ1n) is 7.67. The molecule has 0 atom stereocenters. The Kier molecular flexibility index (Phi) is 5.30. The number of nitrogens with zero attached hydrogens (tertiary/aromatic N) is 2. The Hall–Kier alpha value is -2.36. The average Bonchev–Trinajstić information content (AvgIpc) is 3.02. The lowest BCUT2D eigenvalue weighted by molar-refractivity contribution is -0.113. The zero-order valence-corrected chi connectivity index (χ0v) is 15.8. The first-order chi connectivity index (χ1) is 12.4. The van der Waals surface area contributed by atoms with Crippen molar-refractivity contribution in [2.45, 2.75) is 10.1 Å². The number of oxazole rings is 1. The number of amides is 1. The van der Waals surface area contributed by atoms with E-state index in [1.54, 1.807) is 18.2 Å². The molecule has 0 unspecified atom stereocenters. The highest BCUT2D eigenvalue weighted by Crippen LogP contribution is 2.26. The number of benzene rings is 2. The highest BCUT2D eigenvalue weighted by molar-refractivity contribution is 7.99. The van der Waals surface area contributed by atoms with Crippen molar-refractivity contribution in [3.63, 3.8) is 0 Å². The Morgan fingerprint density at radius 3 is 2.62 bits per heavy atom.